The molecule has 1 aromatic heterocycles. The standard InChI is InChI=1S/C13H8BrF2N5/c14-8-3-7(4-10(17)5-8)13-18-19-20-21(13)12-6-9(15)1-2-11(12)16/h1-6H,17H2. The number of benzene rings is 2. The molecule has 0 saturated carbocycles. The van der Waals surface area contributed by atoms with Crippen molar-refractivity contribution in [1.82, 2.24) is 20.2 Å². The van der Waals surface area contributed by atoms with Crippen LogP contribution < -0.4 is 5.73 Å². The first kappa shape index (κ1) is 13.6. The zero-order chi connectivity index (χ0) is 15.0. The van der Waals surface area contributed by atoms with Gasteiger partial charge in [0, 0.05) is 21.8 Å². The highest BCUT2D eigenvalue weighted by molar-refractivity contribution is 9.10. The third-order valence-electron chi connectivity index (χ3n) is 2.78. The van der Waals surface area contributed by atoms with E-state index in [0.717, 1.165) is 27.4 Å². The maximum atomic E-state index is 13.9. The van der Waals surface area contributed by atoms with Gasteiger partial charge in [0.1, 0.15) is 17.3 Å². The van der Waals surface area contributed by atoms with E-state index in [0.29, 0.717) is 11.3 Å². The van der Waals surface area contributed by atoms with Gasteiger partial charge in [0.15, 0.2) is 5.82 Å². The minimum atomic E-state index is -0.632. The van der Waals surface area contributed by atoms with Gasteiger partial charge >= 0.3 is 0 Å². The summed E-state index contributed by atoms with van der Waals surface area (Å²) < 4.78 is 29.0. The van der Waals surface area contributed by atoms with Crippen LogP contribution in [0.15, 0.2) is 40.9 Å². The fraction of sp³-hybridized carbons (Fsp3) is 0. The first-order chi connectivity index (χ1) is 10.0. The predicted molar refractivity (Wildman–Crippen MR) is 76.6 cm³/mol. The van der Waals surface area contributed by atoms with Crippen LogP contribution in [0.5, 0.6) is 0 Å². The lowest BCUT2D eigenvalue weighted by molar-refractivity contribution is 0.584. The third-order valence-corrected chi connectivity index (χ3v) is 3.24. The lowest BCUT2D eigenvalue weighted by Gasteiger charge is -2.07. The maximum Gasteiger partial charge on any atom is 0.187 e. The number of tetrazole rings is 1. The Kier molecular flexibility index (Phi) is 3.38. The zero-order valence-electron chi connectivity index (χ0n) is 10.5. The van der Waals surface area contributed by atoms with Crippen LogP contribution in [0, 0.1) is 11.6 Å². The fourth-order valence-corrected chi connectivity index (χ4v) is 2.43. The number of rotatable bonds is 2. The van der Waals surface area contributed by atoms with Crippen LogP contribution in [0.25, 0.3) is 17.1 Å². The molecule has 3 aromatic rings. The number of nitrogen functional groups attached to an aromatic ring is 1. The topological polar surface area (TPSA) is 69.6 Å². The van der Waals surface area contributed by atoms with Crippen molar-refractivity contribution in [1.29, 1.82) is 0 Å². The third kappa shape index (κ3) is 2.62. The van der Waals surface area contributed by atoms with Crippen molar-refractivity contribution in [2.45, 2.75) is 0 Å². The Morgan fingerprint density at radius 1 is 1.10 bits per heavy atom. The summed E-state index contributed by atoms with van der Waals surface area (Å²) in [6.45, 7) is 0. The summed E-state index contributed by atoms with van der Waals surface area (Å²) in [4.78, 5) is 0. The molecule has 5 nitrogen and oxygen atoms in total. The Hall–Kier alpha value is -2.35. The van der Waals surface area contributed by atoms with Crippen molar-refractivity contribution in [3.05, 3.63) is 52.5 Å². The average Bonchev–Trinajstić information content (AvgIpc) is 2.89. The molecule has 1 heterocycles. The maximum absolute atomic E-state index is 13.9. The van der Waals surface area contributed by atoms with Crippen LogP contribution in [-0.2, 0) is 0 Å². The molecule has 0 atom stereocenters. The van der Waals surface area contributed by atoms with E-state index in [1.807, 2.05) is 0 Å². The van der Waals surface area contributed by atoms with Crippen LogP contribution in [-0.4, -0.2) is 20.2 Å². The summed E-state index contributed by atoms with van der Waals surface area (Å²) in [6.07, 6.45) is 0. The Balaban J connectivity index is 2.19. The van der Waals surface area contributed by atoms with Crippen molar-refractivity contribution in [2.24, 2.45) is 0 Å². The SMILES string of the molecule is Nc1cc(Br)cc(-c2nnnn2-c2cc(F)ccc2F)c1. The van der Waals surface area contributed by atoms with E-state index in [4.69, 9.17) is 5.73 Å². The van der Waals surface area contributed by atoms with E-state index in [2.05, 4.69) is 31.5 Å². The van der Waals surface area contributed by atoms with Gasteiger partial charge in [-0.1, -0.05) is 15.9 Å². The van der Waals surface area contributed by atoms with Gasteiger partial charge in [-0.05, 0) is 40.8 Å². The smallest absolute Gasteiger partial charge is 0.187 e. The predicted octanol–water partition coefficient (Wildman–Crippen LogP) is 2.95. The molecule has 0 spiro atoms. The van der Waals surface area contributed by atoms with Gasteiger partial charge < -0.3 is 5.73 Å². The molecule has 106 valence electrons. The van der Waals surface area contributed by atoms with Gasteiger partial charge in [0.2, 0.25) is 0 Å². The monoisotopic (exact) mass is 351 g/mol. The van der Waals surface area contributed by atoms with E-state index in [-0.39, 0.29) is 11.5 Å². The van der Waals surface area contributed by atoms with Crippen molar-refractivity contribution in [3.8, 4) is 17.1 Å². The molecule has 3 rings (SSSR count). The molecule has 21 heavy (non-hydrogen) atoms. The van der Waals surface area contributed by atoms with Crippen molar-refractivity contribution in [3.63, 3.8) is 0 Å². The van der Waals surface area contributed by atoms with E-state index in [1.165, 1.54) is 0 Å². The highest BCUT2D eigenvalue weighted by Gasteiger charge is 2.15. The van der Waals surface area contributed by atoms with Crippen LogP contribution in [0.2, 0.25) is 0 Å². The zero-order valence-corrected chi connectivity index (χ0v) is 12.1. The Morgan fingerprint density at radius 3 is 2.67 bits per heavy atom. The molecule has 0 bridgehead atoms. The molecule has 8 heteroatoms. The molecule has 2 N–H and O–H groups in total. The second-order valence-corrected chi connectivity index (χ2v) is 5.20. The molecule has 2 aromatic carbocycles. The second-order valence-electron chi connectivity index (χ2n) is 4.28. The highest BCUT2D eigenvalue weighted by atomic mass is 79.9. The Bertz CT molecular complexity index is 798. The van der Waals surface area contributed by atoms with Gasteiger partial charge in [0.25, 0.3) is 0 Å². The van der Waals surface area contributed by atoms with E-state index < -0.39 is 11.6 Å². The van der Waals surface area contributed by atoms with Gasteiger partial charge in [-0.3, -0.25) is 0 Å². The molecular formula is C13H8BrF2N5. The summed E-state index contributed by atoms with van der Waals surface area (Å²) >= 11 is 3.31. The van der Waals surface area contributed by atoms with Crippen LogP contribution >= 0.6 is 15.9 Å². The first-order valence-electron chi connectivity index (χ1n) is 5.85. The first-order valence-corrected chi connectivity index (χ1v) is 6.64. The summed E-state index contributed by atoms with van der Waals surface area (Å²) in [5.41, 5.74) is 6.76. The summed E-state index contributed by atoms with van der Waals surface area (Å²) in [5, 5.41) is 11.1. The molecule has 0 fully saturated rings. The Morgan fingerprint density at radius 2 is 1.90 bits per heavy atom. The second kappa shape index (κ2) is 5.21. The normalized spacial score (nSPS) is 10.8. The number of hydrogen-bond acceptors (Lipinski definition) is 4. The largest absolute Gasteiger partial charge is 0.399 e. The Labute approximate surface area is 126 Å². The average molecular weight is 352 g/mol. The fourth-order valence-electron chi connectivity index (χ4n) is 1.92. The quantitative estimate of drug-likeness (QED) is 0.720. The lowest BCUT2D eigenvalue weighted by atomic mass is 10.2. The number of anilines is 1. The number of hydrogen-bond donors (Lipinski definition) is 1. The summed E-state index contributed by atoms with van der Waals surface area (Å²) in [6, 6.07) is 8.15. The highest BCUT2D eigenvalue weighted by Crippen LogP contribution is 2.26. The van der Waals surface area contributed by atoms with Crippen molar-refractivity contribution < 1.29 is 8.78 Å². The molecule has 0 amide bonds. The minimum Gasteiger partial charge on any atom is -0.399 e. The van der Waals surface area contributed by atoms with E-state index in [1.54, 1.807) is 18.2 Å². The molecule has 0 saturated heterocycles. The van der Waals surface area contributed by atoms with Crippen LogP contribution in [0.3, 0.4) is 0 Å². The molecule has 0 aliphatic heterocycles. The minimum absolute atomic E-state index is 0.0754. The van der Waals surface area contributed by atoms with Gasteiger partial charge in [-0.2, -0.15) is 4.68 Å². The van der Waals surface area contributed by atoms with E-state index in [9.17, 15) is 8.78 Å². The van der Waals surface area contributed by atoms with Crippen molar-refractivity contribution in [2.75, 3.05) is 5.73 Å². The number of halogens is 3. The number of nitrogens with zero attached hydrogens (tertiary/aromatic N) is 4. The summed E-state index contributed by atoms with van der Waals surface area (Å²) in [7, 11) is 0. The lowest BCUT2D eigenvalue weighted by Crippen LogP contribution is -2.03. The summed E-state index contributed by atoms with van der Waals surface area (Å²) in [5.74, 6) is -0.956. The van der Waals surface area contributed by atoms with Crippen LogP contribution in [0.1, 0.15) is 0 Å². The van der Waals surface area contributed by atoms with Crippen molar-refractivity contribution >= 4 is 21.6 Å². The molecular weight excluding hydrogens is 344 g/mol. The van der Waals surface area contributed by atoms with E-state index >= 15 is 0 Å². The molecule has 0 radical (unpaired) electrons. The van der Waals surface area contributed by atoms with Gasteiger partial charge in [0.05, 0.1) is 0 Å². The number of aromatic nitrogens is 4. The molecule has 0 aliphatic rings. The van der Waals surface area contributed by atoms with Crippen LogP contribution in [0.4, 0.5) is 14.5 Å². The molecule has 0 aliphatic carbocycles. The molecule has 0 unspecified atom stereocenters. The van der Waals surface area contributed by atoms with Gasteiger partial charge in [-0.15, -0.1) is 5.10 Å². The van der Waals surface area contributed by atoms with Gasteiger partial charge in [-0.25, -0.2) is 8.78 Å². The number of nitrogens with two attached hydrogens (primary N) is 1.